The Balaban J connectivity index is 2.82. The Kier molecular flexibility index (Phi) is 6.76. The minimum atomic E-state index is -0.316. The van der Waals surface area contributed by atoms with Crippen LogP contribution >= 0.6 is 0 Å². The zero-order valence-corrected chi connectivity index (χ0v) is 14.8. The van der Waals surface area contributed by atoms with E-state index in [4.69, 9.17) is 5.73 Å². The second kappa shape index (κ2) is 8.11. The summed E-state index contributed by atoms with van der Waals surface area (Å²) in [5.41, 5.74) is 7.68. The van der Waals surface area contributed by atoms with E-state index in [9.17, 15) is 9.59 Å². The topological polar surface area (TPSA) is 75.4 Å². The highest BCUT2D eigenvalue weighted by atomic mass is 16.2. The second-order valence-corrected chi connectivity index (χ2v) is 6.99. The minimum absolute atomic E-state index is 0.00847. The van der Waals surface area contributed by atoms with Crippen LogP contribution < -0.4 is 11.1 Å². The number of nitrogens with two attached hydrogens (primary N) is 1. The van der Waals surface area contributed by atoms with Crippen molar-refractivity contribution < 1.29 is 9.59 Å². The highest BCUT2D eigenvalue weighted by Crippen LogP contribution is 2.20. The zero-order valence-electron chi connectivity index (χ0n) is 14.8. The van der Waals surface area contributed by atoms with E-state index >= 15 is 0 Å². The number of carbonyl (C=O) groups excluding carboxylic acids is 2. The molecule has 0 spiro atoms. The fourth-order valence-electron chi connectivity index (χ4n) is 2.42. The van der Waals surface area contributed by atoms with Gasteiger partial charge in [-0.25, -0.2) is 0 Å². The van der Waals surface area contributed by atoms with Crippen molar-refractivity contribution >= 4 is 11.8 Å². The number of hydrogen-bond donors (Lipinski definition) is 2. The van der Waals surface area contributed by atoms with Gasteiger partial charge in [0, 0.05) is 20.5 Å². The number of nitrogens with one attached hydrogen (secondary N) is 1. The molecule has 1 aromatic carbocycles. The van der Waals surface area contributed by atoms with Crippen LogP contribution in [0.25, 0.3) is 0 Å². The van der Waals surface area contributed by atoms with Gasteiger partial charge in [0.25, 0.3) is 0 Å². The molecule has 0 radical (unpaired) electrons. The maximum atomic E-state index is 12.5. The van der Waals surface area contributed by atoms with Gasteiger partial charge in [-0.3, -0.25) is 9.59 Å². The quantitative estimate of drug-likeness (QED) is 0.807. The van der Waals surface area contributed by atoms with Crippen molar-refractivity contribution in [3.8, 4) is 0 Å². The molecule has 128 valence electrons. The fourth-order valence-corrected chi connectivity index (χ4v) is 2.42. The normalized spacial score (nSPS) is 12.6. The summed E-state index contributed by atoms with van der Waals surface area (Å²) in [7, 11) is 1.78. The third-order valence-corrected chi connectivity index (χ3v) is 3.88. The largest absolute Gasteiger partial charge is 0.349 e. The summed E-state index contributed by atoms with van der Waals surface area (Å²) >= 11 is 0. The molecule has 1 unspecified atom stereocenters. The van der Waals surface area contributed by atoms with Crippen LogP contribution in [0.5, 0.6) is 0 Å². The van der Waals surface area contributed by atoms with Crippen LogP contribution in [0.1, 0.15) is 44.4 Å². The summed E-state index contributed by atoms with van der Waals surface area (Å²) in [4.78, 5) is 25.7. The summed E-state index contributed by atoms with van der Waals surface area (Å²) in [6.07, 6.45) is 0.236. The molecule has 3 N–H and O–H groups in total. The first-order valence-corrected chi connectivity index (χ1v) is 7.92. The molecule has 5 heteroatoms. The Bertz CT molecular complexity index is 538. The van der Waals surface area contributed by atoms with Gasteiger partial charge in [-0.2, -0.15) is 0 Å². The molecule has 0 saturated carbocycles. The molecule has 0 bridgehead atoms. The highest BCUT2D eigenvalue weighted by Gasteiger charge is 2.24. The monoisotopic (exact) mass is 319 g/mol. The van der Waals surface area contributed by atoms with Crippen LogP contribution in [0.15, 0.2) is 24.3 Å². The van der Waals surface area contributed by atoms with Crippen molar-refractivity contribution in [2.75, 3.05) is 20.1 Å². The average molecular weight is 319 g/mol. The van der Waals surface area contributed by atoms with E-state index in [1.54, 1.807) is 11.9 Å². The first-order chi connectivity index (χ1) is 10.6. The Labute approximate surface area is 139 Å². The second-order valence-electron chi connectivity index (χ2n) is 6.99. The SMILES string of the molecule is CC(=O)NC(CC(=O)N(C)CC(C)(C)CN)c1ccc(C)cc1. The lowest BCUT2D eigenvalue weighted by molar-refractivity contribution is -0.132. The van der Waals surface area contributed by atoms with Gasteiger partial charge >= 0.3 is 0 Å². The Morgan fingerprint density at radius 1 is 1.26 bits per heavy atom. The average Bonchev–Trinajstić information content (AvgIpc) is 2.46. The number of rotatable bonds is 7. The van der Waals surface area contributed by atoms with Crippen molar-refractivity contribution in [1.82, 2.24) is 10.2 Å². The molecular weight excluding hydrogens is 290 g/mol. The zero-order chi connectivity index (χ0) is 17.6. The van der Waals surface area contributed by atoms with E-state index < -0.39 is 0 Å². The molecule has 0 saturated heterocycles. The standard InChI is InChI=1S/C18H29N3O2/c1-13-6-8-15(9-7-13)16(20-14(2)22)10-17(23)21(5)12-18(3,4)11-19/h6-9,16H,10-12,19H2,1-5H3,(H,20,22). The lowest BCUT2D eigenvalue weighted by atomic mass is 9.93. The number of amides is 2. The molecule has 0 aliphatic rings. The van der Waals surface area contributed by atoms with Crippen molar-refractivity contribution in [3.05, 3.63) is 35.4 Å². The summed E-state index contributed by atoms with van der Waals surface area (Å²) < 4.78 is 0. The van der Waals surface area contributed by atoms with E-state index in [1.807, 2.05) is 45.0 Å². The van der Waals surface area contributed by atoms with Crippen molar-refractivity contribution in [2.24, 2.45) is 11.1 Å². The third kappa shape index (κ3) is 6.40. The maximum absolute atomic E-state index is 12.5. The van der Waals surface area contributed by atoms with E-state index in [1.165, 1.54) is 6.92 Å². The maximum Gasteiger partial charge on any atom is 0.224 e. The molecule has 0 aliphatic heterocycles. The van der Waals surface area contributed by atoms with Gasteiger partial charge in [-0.15, -0.1) is 0 Å². The van der Waals surface area contributed by atoms with E-state index in [-0.39, 0.29) is 29.7 Å². The van der Waals surface area contributed by atoms with Gasteiger partial charge < -0.3 is 16.0 Å². The predicted octanol–water partition coefficient (Wildman–Crippen LogP) is 2.01. The van der Waals surface area contributed by atoms with Gasteiger partial charge in [0.2, 0.25) is 11.8 Å². The number of benzene rings is 1. The number of hydrogen-bond acceptors (Lipinski definition) is 3. The number of aryl methyl sites for hydroxylation is 1. The first kappa shape index (κ1) is 19.2. The Morgan fingerprint density at radius 2 is 1.83 bits per heavy atom. The molecule has 0 heterocycles. The van der Waals surface area contributed by atoms with E-state index in [0.717, 1.165) is 11.1 Å². The lowest BCUT2D eigenvalue weighted by Crippen LogP contribution is -2.41. The fraction of sp³-hybridized carbons (Fsp3) is 0.556. The molecule has 5 nitrogen and oxygen atoms in total. The molecule has 1 atom stereocenters. The van der Waals surface area contributed by atoms with Crippen LogP contribution in [-0.4, -0.2) is 36.9 Å². The molecule has 0 fully saturated rings. The van der Waals surface area contributed by atoms with Crippen molar-refractivity contribution in [1.29, 1.82) is 0 Å². The van der Waals surface area contributed by atoms with Crippen molar-refractivity contribution in [3.63, 3.8) is 0 Å². The Hall–Kier alpha value is -1.88. The summed E-state index contributed by atoms with van der Waals surface area (Å²) in [6.45, 7) is 8.63. The molecular formula is C18H29N3O2. The Morgan fingerprint density at radius 3 is 2.30 bits per heavy atom. The van der Waals surface area contributed by atoms with Crippen molar-refractivity contribution in [2.45, 2.75) is 40.2 Å². The number of carbonyl (C=O) groups is 2. The lowest BCUT2D eigenvalue weighted by Gasteiger charge is -2.30. The van der Waals surface area contributed by atoms with Gasteiger partial charge in [0.15, 0.2) is 0 Å². The van der Waals surface area contributed by atoms with Crippen LogP contribution in [-0.2, 0) is 9.59 Å². The molecule has 1 rings (SSSR count). The van der Waals surface area contributed by atoms with Crippen LogP contribution in [0.3, 0.4) is 0 Å². The number of nitrogens with zero attached hydrogens (tertiary/aromatic N) is 1. The summed E-state index contributed by atoms with van der Waals surface area (Å²) in [5.74, 6) is -0.154. The van der Waals surface area contributed by atoms with Gasteiger partial charge in [-0.05, 0) is 24.4 Å². The molecule has 23 heavy (non-hydrogen) atoms. The third-order valence-electron chi connectivity index (χ3n) is 3.88. The van der Waals surface area contributed by atoms with Crippen LogP contribution in [0, 0.1) is 12.3 Å². The summed E-state index contributed by atoms with van der Waals surface area (Å²) in [5, 5.41) is 2.87. The molecule has 0 aliphatic carbocycles. The first-order valence-electron chi connectivity index (χ1n) is 7.92. The predicted molar refractivity (Wildman–Crippen MR) is 92.8 cm³/mol. The smallest absolute Gasteiger partial charge is 0.224 e. The summed E-state index contributed by atoms with van der Waals surface area (Å²) in [6, 6.07) is 7.55. The van der Waals surface area contributed by atoms with Crippen LogP contribution in [0.4, 0.5) is 0 Å². The molecule has 2 amide bonds. The van der Waals surface area contributed by atoms with E-state index in [0.29, 0.717) is 13.1 Å². The van der Waals surface area contributed by atoms with Gasteiger partial charge in [-0.1, -0.05) is 43.7 Å². The molecule has 1 aromatic rings. The minimum Gasteiger partial charge on any atom is -0.349 e. The highest BCUT2D eigenvalue weighted by molar-refractivity contribution is 5.79. The molecule has 0 aromatic heterocycles. The van der Waals surface area contributed by atoms with E-state index in [2.05, 4.69) is 5.32 Å². The van der Waals surface area contributed by atoms with Crippen LogP contribution in [0.2, 0.25) is 0 Å². The van der Waals surface area contributed by atoms with Gasteiger partial charge in [0.05, 0.1) is 12.5 Å². The van der Waals surface area contributed by atoms with Gasteiger partial charge in [0.1, 0.15) is 0 Å².